The van der Waals surface area contributed by atoms with Crippen molar-refractivity contribution in [2.24, 2.45) is 10.7 Å². The van der Waals surface area contributed by atoms with Gasteiger partial charge in [-0.15, -0.1) is 0 Å². The van der Waals surface area contributed by atoms with Crippen LogP contribution in [0.3, 0.4) is 0 Å². The molecule has 2 amide bonds. The molecule has 1 aliphatic heterocycles. The van der Waals surface area contributed by atoms with E-state index >= 15 is 0 Å². The van der Waals surface area contributed by atoms with Crippen molar-refractivity contribution < 1.29 is 24.2 Å². The van der Waals surface area contributed by atoms with E-state index in [2.05, 4.69) is 15.3 Å². The maximum Gasteiger partial charge on any atom is 0.414 e. The first-order valence-corrected chi connectivity index (χ1v) is 12.6. The average Bonchev–Trinajstić information content (AvgIpc) is 3.28. The average molecular weight is 532 g/mol. The quantitative estimate of drug-likeness (QED) is 0.374. The van der Waals surface area contributed by atoms with E-state index in [0.29, 0.717) is 28.4 Å². The molecule has 10 nitrogen and oxygen atoms in total. The molecule has 1 fully saturated rings. The summed E-state index contributed by atoms with van der Waals surface area (Å²) in [6.07, 6.45) is 3.62. The maximum atomic E-state index is 12.6. The van der Waals surface area contributed by atoms with Crippen LogP contribution in [0.4, 0.5) is 10.5 Å². The molecule has 204 valence electrons. The summed E-state index contributed by atoms with van der Waals surface area (Å²) in [4.78, 5) is 35.1. The Hall–Kier alpha value is -4.44. The van der Waals surface area contributed by atoms with Gasteiger partial charge in [-0.1, -0.05) is 12.1 Å². The third-order valence-corrected chi connectivity index (χ3v) is 5.95. The van der Waals surface area contributed by atoms with Crippen molar-refractivity contribution >= 4 is 34.8 Å². The Kier molecular flexibility index (Phi) is 8.15. The molecule has 0 radical (unpaired) electrons. The van der Waals surface area contributed by atoms with Gasteiger partial charge in [0.2, 0.25) is 5.91 Å². The van der Waals surface area contributed by atoms with Gasteiger partial charge in [0.1, 0.15) is 17.6 Å². The van der Waals surface area contributed by atoms with Gasteiger partial charge in [-0.3, -0.25) is 19.7 Å². The van der Waals surface area contributed by atoms with E-state index in [4.69, 9.17) is 15.2 Å². The number of nitrogens with two attached hydrogens (primary N) is 1. The van der Waals surface area contributed by atoms with Gasteiger partial charge in [0.05, 0.1) is 36.3 Å². The van der Waals surface area contributed by atoms with Crippen LogP contribution in [0.25, 0.3) is 10.9 Å². The minimum absolute atomic E-state index is 0.157. The second-order valence-electron chi connectivity index (χ2n) is 10.3. The number of hydrogen-bond acceptors (Lipinski definition) is 8. The van der Waals surface area contributed by atoms with E-state index < -0.39 is 12.2 Å². The lowest BCUT2D eigenvalue weighted by Gasteiger charge is -2.16. The number of nitrogens with zero attached hydrogens (tertiary/aromatic N) is 3. The molecule has 10 heteroatoms. The van der Waals surface area contributed by atoms with Crippen LogP contribution in [0.2, 0.25) is 0 Å². The van der Waals surface area contributed by atoms with E-state index in [0.717, 1.165) is 16.5 Å². The summed E-state index contributed by atoms with van der Waals surface area (Å²) >= 11 is 0. The van der Waals surface area contributed by atoms with Gasteiger partial charge in [-0.2, -0.15) is 0 Å². The van der Waals surface area contributed by atoms with E-state index in [-0.39, 0.29) is 31.0 Å². The monoisotopic (exact) mass is 531 g/mol. The van der Waals surface area contributed by atoms with Gasteiger partial charge in [0.25, 0.3) is 0 Å². The molecule has 3 aromatic rings. The zero-order chi connectivity index (χ0) is 28.2. The lowest BCUT2D eigenvalue weighted by Crippen LogP contribution is -2.26. The molecule has 0 saturated carbocycles. The summed E-state index contributed by atoms with van der Waals surface area (Å²) in [5.41, 5.74) is 8.78. The predicted molar refractivity (Wildman–Crippen MR) is 150 cm³/mol. The van der Waals surface area contributed by atoms with Gasteiger partial charge in [0, 0.05) is 29.7 Å². The molecule has 0 spiro atoms. The highest BCUT2D eigenvalue weighted by atomic mass is 16.6. The predicted octanol–water partition coefficient (Wildman–Crippen LogP) is 3.98. The number of pyridine rings is 1. The van der Waals surface area contributed by atoms with Gasteiger partial charge in [0.15, 0.2) is 0 Å². The van der Waals surface area contributed by atoms with Crippen molar-refractivity contribution in [3.63, 3.8) is 0 Å². The van der Waals surface area contributed by atoms with Gasteiger partial charge >= 0.3 is 6.09 Å². The third kappa shape index (κ3) is 6.91. The van der Waals surface area contributed by atoms with Gasteiger partial charge in [-0.25, -0.2) is 4.79 Å². The molecule has 4 rings (SSSR count). The largest absolute Gasteiger partial charge is 0.456 e. The molecule has 39 heavy (non-hydrogen) atoms. The normalized spacial score (nSPS) is 16.1. The molecule has 4 N–H and O–H groups in total. The second kappa shape index (κ2) is 11.5. The number of aliphatic hydroxyl groups is 1. The molecule has 1 atom stereocenters. The van der Waals surface area contributed by atoms with E-state index in [9.17, 15) is 14.7 Å². The molecular weight excluding hydrogens is 498 g/mol. The number of aryl methyl sites for hydroxylation is 1. The Bertz CT molecular complexity index is 1440. The summed E-state index contributed by atoms with van der Waals surface area (Å²) in [7, 11) is 0. The van der Waals surface area contributed by atoms with Crippen LogP contribution >= 0.6 is 0 Å². The minimum Gasteiger partial charge on any atom is -0.456 e. The van der Waals surface area contributed by atoms with Gasteiger partial charge < -0.3 is 25.6 Å². The number of fused-ring (bicyclic) bond motifs is 1. The minimum atomic E-state index is -0.560. The Labute approximate surface area is 227 Å². The van der Waals surface area contributed by atoms with Crippen molar-refractivity contribution in [1.29, 1.82) is 0 Å². The topological polar surface area (TPSA) is 139 Å². The molecule has 1 aromatic heterocycles. The van der Waals surface area contributed by atoms with Crippen LogP contribution in [-0.4, -0.2) is 53.1 Å². The highest BCUT2D eigenvalue weighted by molar-refractivity contribution is 5.95. The lowest BCUT2D eigenvalue weighted by atomic mass is 10.1. The summed E-state index contributed by atoms with van der Waals surface area (Å²) in [6, 6.07) is 12.7. The molecule has 1 unspecified atom stereocenters. The Morgan fingerprint density at radius 1 is 1.26 bits per heavy atom. The van der Waals surface area contributed by atoms with Crippen LogP contribution in [0, 0.1) is 6.92 Å². The van der Waals surface area contributed by atoms with Crippen LogP contribution in [-0.2, 0) is 16.0 Å². The van der Waals surface area contributed by atoms with E-state index in [1.165, 1.54) is 11.1 Å². The molecular formula is C29H33N5O5. The van der Waals surface area contributed by atoms with Crippen LogP contribution in [0.15, 0.2) is 65.6 Å². The maximum absolute atomic E-state index is 12.6. The highest BCUT2D eigenvalue weighted by Crippen LogP contribution is 2.34. The van der Waals surface area contributed by atoms with Crippen molar-refractivity contribution in [3.8, 4) is 11.5 Å². The fourth-order valence-electron chi connectivity index (χ4n) is 4.02. The summed E-state index contributed by atoms with van der Waals surface area (Å²) < 4.78 is 11.4. The van der Waals surface area contributed by atoms with Crippen molar-refractivity contribution in [2.45, 2.75) is 45.8 Å². The number of aromatic nitrogens is 1. The third-order valence-electron chi connectivity index (χ3n) is 5.95. The highest BCUT2D eigenvalue weighted by Gasteiger charge is 2.32. The number of ether oxygens (including phenoxy) is 2. The molecule has 2 aromatic carbocycles. The SMILES string of the molecule is Cc1cc(CC(=O)N/C(C=NC(C)(C)C)=C/N)ccc1Oc1ccnc2ccc(N3CC(CO)OC3=O)cc12. The van der Waals surface area contributed by atoms with E-state index in [1.807, 2.05) is 58.0 Å². The zero-order valence-corrected chi connectivity index (χ0v) is 22.5. The number of carbonyl (C=O) groups is 2. The Balaban J connectivity index is 1.49. The number of rotatable bonds is 8. The summed E-state index contributed by atoms with van der Waals surface area (Å²) in [5.74, 6) is 0.979. The van der Waals surface area contributed by atoms with Crippen LogP contribution in [0.1, 0.15) is 31.9 Å². The number of hydrogen-bond donors (Lipinski definition) is 3. The fourth-order valence-corrected chi connectivity index (χ4v) is 4.02. The number of carbonyl (C=O) groups excluding carboxylic acids is 2. The first-order valence-electron chi connectivity index (χ1n) is 12.6. The molecule has 1 saturated heterocycles. The Morgan fingerprint density at radius 2 is 2.05 bits per heavy atom. The first kappa shape index (κ1) is 27.6. The molecule has 2 heterocycles. The Morgan fingerprint density at radius 3 is 2.72 bits per heavy atom. The number of amides is 2. The number of aliphatic hydroxyl groups excluding tert-OH is 1. The smallest absolute Gasteiger partial charge is 0.414 e. The first-order chi connectivity index (χ1) is 18.6. The molecule has 1 aliphatic rings. The lowest BCUT2D eigenvalue weighted by molar-refractivity contribution is -0.119. The summed E-state index contributed by atoms with van der Waals surface area (Å²) in [6.45, 7) is 7.79. The van der Waals surface area contributed by atoms with Gasteiger partial charge in [-0.05, 0) is 69.2 Å². The number of anilines is 1. The number of allylic oxidation sites excluding steroid dienone is 1. The summed E-state index contributed by atoms with van der Waals surface area (Å²) in [5, 5.41) is 12.8. The number of cyclic esters (lactones) is 1. The number of nitrogens with one attached hydrogen (secondary N) is 1. The fraction of sp³-hybridized carbons (Fsp3) is 0.310. The number of aliphatic imine (C=N–C) groups is 1. The van der Waals surface area contributed by atoms with Crippen molar-refractivity contribution in [3.05, 3.63) is 71.7 Å². The van der Waals surface area contributed by atoms with Crippen molar-refractivity contribution in [1.82, 2.24) is 10.3 Å². The zero-order valence-electron chi connectivity index (χ0n) is 22.5. The second-order valence-corrected chi connectivity index (χ2v) is 10.3. The molecule has 0 aliphatic carbocycles. The van der Waals surface area contributed by atoms with E-state index in [1.54, 1.807) is 24.5 Å². The van der Waals surface area contributed by atoms with Crippen LogP contribution < -0.4 is 20.7 Å². The van der Waals surface area contributed by atoms with Crippen molar-refractivity contribution in [2.75, 3.05) is 18.1 Å². The van der Waals surface area contributed by atoms with Crippen LogP contribution in [0.5, 0.6) is 11.5 Å². The number of benzene rings is 2. The molecule has 0 bridgehead atoms. The standard InChI is InChI=1S/C29H33N5O5/c1-18-11-19(12-27(36)33-20(14-30)15-32-29(2,3)4)5-8-25(18)39-26-9-10-31-24-7-6-21(13-23(24)26)34-16-22(17-35)38-28(34)37/h5-11,13-15,22,35H,12,16-17,30H2,1-4H3,(H,33,36)/b20-14+,32-15?.